The van der Waals surface area contributed by atoms with Gasteiger partial charge >= 0.3 is 7.12 Å². The third-order valence-electron chi connectivity index (χ3n) is 6.95. The fourth-order valence-corrected chi connectivity index (χ4v) is 4.21. The molecule has 2 aromatic heterocycles. The molecule has 2 bridgehead atoms. The van der Waals surface area contributed by atoms with Gasteiger partial charge in [0.2, 0.25) is 0 Å². The molecule has 0 radical (unpaired) electrons. The average molecular weight is 475 g/mol. The Morgan fingerprint density at radius 2 is 1.89 bits per heavy atom. The van der Waals surface area contributed by atoms with Crippen molar-refractivity contribution in [3.05, 3.63) is 48.3 Å². The number of hydrogen-bond acceptors (Lipinski definition) is 7. The molecule has 0 aliphatic carbocycles. The van der Waals surface area contributed by atoms with Crippen LogP contribution in [0.25, 0.3) is 11.5 Å². The lowest BCUT2D eigenvalue weighted by molar-refractivity contribution is 0.00578. The minimum absolute atomic E-state index is 0.0944. The van der Waals surface area contributed by atoms with Gasteiger partial charge in [-0.05, 0) is 77.2 Å². The Hall–Kier alpha value is -3.24. The predicted octanol–water partition coefficient (Wildman–Crippen LogP) is 3.45. The summed E-state index contributed by atoms with van der Waals surface area (Å²) < 4.78 is 20.6. The highest BCUT2D eigenvalue weighted by molar-refractivity contribution is 6.62. The molecule has 0 spiro atoms. The molecule has 0 unspecified atom stereocenters. The number of fused-ring (bicyclic) bond motifs is 5. The zero-order valence-electron chi connectivity index (χ0n) is 20.7. The van der Waals surface area contributed by atoms with Gasteiger partial charge in [-0.25, -0.2) is 4.98 Å². The average Bonchev–Trinajstić information content (AvgIpc) is 3.34. The fourth-order valence-electron chi connectivity index (χ4n) is 4.21. The van der Waals surface area contributed by atoms with Gasteiger partial charge in [0, 0.05) is 6.54 Å². The van der Waals surface area contributed by atoms with Crippen LogP contribution >= 0.6 is 0 Å². The van der Waals surface area contributed by atoms with E-state index in [1.165, 1.54) is 0 Å². The molecule has 2 aliphatic heterocycles. The molecule has 3 aromatic rings. The molecule has 1 atom stereocenters. The van der Waals surface area contributed by atoms with Crippen LogP contribution in [0, 0.1) is 0 Å². The number of nitrogens with one attached hydrogen (secondary N) is 1. The van der Waals surface area contributed by atoms with Crippen LogP contribution in [-0.4, -0.2) is 50.1 Å². The Morgan fingerprint density at radius 1 is 1.11 bits per heavy atom. The number of rotatable bonds is 1. The van der Waals surface area contributed by atoms with Crippen molar-refractivity contribution in [1.29, 1.82) is 0 Å². The van der Waals surface area contributed by atoms with Crippen molar-refractivity contribution in [3.63, 3.8) is 0 Å². The number of aromatic nitrogens is 4. The molecule has 1 fully saturated rings. The lowest BCUT2D eigenvalue weighted by Gasteiger charge is -2.32. The smallest absolute Gasteiger partial charge is 0.490 e. The number of hydrogen-bond donors (Lipinski definition) is 1. The van der Waals surface area contributed by atoms with E-state index in [1.807, 2.05) is 63.5 Å². The lowest BCUT2D eigenvalue weighted by atomic mass is 9.78. The van der Waals surface area contributed by atoms with E-state index in [1.54, 1.807) is 18.5 Å². The number of carbonyl (C=O) groups is 1. The van der Waals surface area contributed by atoms with Crippen molar-refractivity contribution in [2.45, 2.75) is 71.3 Å². The zero-order chi connectivity index (χ0) is 24.8. The molecule has 4 heterocycles. The number of pyridine rings is 1. The molecule has 1 aromatic carbocycles. The van der Waals surface area contributed by atoms with Gasteiger partial charge in [-0.3, -0.25) is 4.79 Å². The monoisotopic (exact) mass is 475 g/mol. The van der Waals surface area contributed by atoms with E-state index in [0.717, 1.165) is 24.8 Å². The first-order valence-corrected chi connectivity index (χ1v) is 12.0. The molecule has 5 rings (SSSR count). The Kier molecular flexibility index (Phi) is 5.89. The van der Waals surface area contributed by atoms with Crippen molar-refractivity contribution >= 4 is 24.3 Å². The summed E-state index contributed by atoms with van der Waals surface area (Å²) in [6.07, 6.45) is 3.26. The summed E-state index contributed by atoms with van der Waals surface area (Å²) in [5.74, 6) is 1.26. The van der Waals surface area contributed by atoms with Crippen LogP contribution in [0.4, 0.5) is 5.82 Å². The van der Waals surface area contributed by atoms with Gasteiger partial charge in [0.25, 0.3) is 5.91 Å². The van der Waals surface area contributed by atoms with E-state index in [0.29, 0.717) is 28.6 Å². The van der Waals surface area contributed by atoms with Gasteiger partial charge in [-0.1, -0.05) is 12.1 Å². The van der Waals surface area contributed by atoms with E-state index in [-0.39, 0.29) is 12.0 Å². The maximum atomic E-state index is 13.5. The summed E-state index contributed by atoms with van der Waals surface area (Å²) in [5, 5.41) is 11.2. The third-order valence-corrected chi connectivity index (χ3v) is 6.95. The number of nitrogens with zero attached hydrogens (tertiary/aromatic N) is 4. The summed E-state index contributed by atoms with van der Waals surface area (Å²) in [4.78, 5) is 18.1. The van der Waals surface area contributed by atoms with Gasteiger partial charge in [0.05, 0.1) is 22.9 Å². The van der Waals surface area contributed by atoms with Crippen LogP contribution in [0.2, 0.25) is 0 Å². The molecule has 35 heavy (non-hydrogen) atoms. The van der Waals surface area contributed by atoms with Crippen LogP contribution < -0.4 is 15.5 Å². The van der Waals surface area contributed by atoms with E-state index in [2.05, 4.69) is 20.5 Å². The first kappa shape index (κ1) is 23.5. The number of benzene rings is 1. The van der Waals surface area contributed by atoms with Crippen LogP contribution in [-0.2, 0) is 15.9 Å². The molecular formula is C25H30BN5O4. The summed E-state index contributed by atoms with van der Waals surface area (Å²) in [7, 11) is -0.587. The Balaban J connectivity index is 1.52. The Bertz CT molecular complexity index is 1240. The normalized spacial score (nSPS) is 21.3. The van der Waals surface area contributed by atoms with Gasteiger partial charge in [0.15, 0.2) is 5.82 Å². The molecule has 182 valence electrons. The topological polar surface area (TPSA) is 100 Å². The lowest BCUT2D eigenvalue weighted by Crippen LogP contribution is -2.41. The minimum atomic E-state index is -0.587. The Labute approximate surface area is 205 Å². The summed E-state index contributed by atoms with van der Waals surface area (Å²) in [5.41, 5.74) is 0.833. The van der Waals surface area contributed by atoms with E-state index < -0.39 is 18.3 Å². The number of carbonyl (C=O) groups excluding carboxylic acids is 1. The number of aryl methyl sites for hydroxylation is 1. The van der Waals surface area contributed by atoms with Gasteiger partial charge in [0.1, 0.15) is 23.6 Å². The molecule has 10 heteroatoms. The minimum Gasteiger partial charge on any atom is -0.490 e. The number of anilines is 1. The molecular weight excluding hydrogens is 445 g/mol. The second-order valence-electron chi connectivity index (χ2n) is 10.1. The highest BCUT2D eigenvalue weighted by atomic mass is 16.7. The third kappa shape index (κ3) is 4.55. The second-order valence-corrected chi connectivity index (χ2v) is 10.1. The fraction of sp³-hybridized carbons (Fsp3) is 0.440. The van der Waals surface area contributed by atoms with Crippen LogP contribution in [0.1, 0.15) is 57.8 Å². The van der Waals surface area contributed by atoms with E-state index in [9.17, 15) is 4.79 Å². The molecule has 9 nitrogen and oxygen atoms in total. The molecule has 1 saturated heterocycles. The summed E-state index contributed by atoms with van der Waals surface area (Å²) >= 11 is 0. The van der Waals surface area contributed by atoms with Crippen LogP contribution in [0.3, 0.4) is 0 Å². The Morgan fingerprint density at radius 3 is 2.66 bits per heavy atom. The summed E-state index contributed by atoms with van der Waals surface area (Å²) in [6.45, 7) is 10.8. The number of amides is 1. The van der Waals surface area contributed by atoms with Gasteiger partial charge in [-0.2, -0.15) is 0 Å². The van der Waals surface area contributed by atoms with Crippen molar-refractivity contribution in [1.82, 2.24) is 19.7 Å². The van der Waals surface area contributed by atoms with E-state index in [4.69, 9.17) is 14.0 Å². The second kappa shape index (κ2) is 8.76. The first-order valence-electron chi connectivity index (χ1n) is 12.0. The van der Waals surface area contributed by atoms with Crippen LogP contribution in [0.15, 0.2) is 42.7 Å². The largest absolute Gasteiger partial charge is 0.494 e. The van der Waals surface area contributed by atoms with Crippen molar-refractivity contribution < 1.29 is 18.8 Å². The SMILES string of the molecule is C[C@@H]1CCCn2cnnc2-c2cccc(n2)NC(=O)c2cc(B3OC(C)(C)C(C)(C)O3)ccc2O1. The molecule has 1 N–H and O–H groups in total. The van der Waals surface area contributed by atoms with Crippen molar-refractivity contribution in [3.8, 4) is 17.3 Å². The van der Waals surface area contributed by atoms with Gasteiger partial charge in [-0.15, -0.1) is 10.2 Å². The molecule has 2 aliphatic rings. The maximum absolute atomic E-state index is 13.5. The highest BCUT2D eigenvalue weighted by Gasteiger charge is 2.51. The quantitative estimate of drug-likeness (QED) is 0.538. The predicted molar refractivity (Wildman–Crippen MR) is 133 cm³/mol. The van der Waals surface area contributed by atoms with E-state index >= 15 is 0 Å². The first-order chi connectivity index (χ1) is 16.6. The van der Waals surface area contributed by atoms with Crippen molar-refractivity contribution in [2.24, 2.45) is 0 Å². The highest BCUT2D eigenvalue weighted by Crippen LogP contribution is 2.37. The van der Waals surface area contributed by atoms with Crippen LogP contribution in [0.5, 0.6) is 5.75 Å². The zero-order valence-corrected chi connectivity index (χ0v) is 20.7. The summed E-state index contributed by atoms with van der Waals surface area (Å²) in [6, 6.07) is 10.9. The van der Waals surface area contributed by atoms with Crippen molar-refractivity contribution in [2.75, 3.05) is 5.32 Å². The molecule has 1 amide bonds. The van der Waals surface area contributed by atoms with Gasteiger partial charge < -0.3 is 23.9 Å². The number of ether oxygens (including phenoxy) is 1. The molecule has 0 saturated carbocycles. The standard InChI is InChI=1S/C25H30BN5O4/c1-16-8-7-13-31-15-27-30-22(31)19-9-6-10-21(28-19)29-23(32)18-14-17(11-12-20(18)33-16)26-34-24(2,3)25(4,5)35-26/h6,9-12,14-16H,7-8,13H2,1-5H3,(H,28,29,32)/t16-/m1/s1. The maximum Gasteiger partial charge on any atom is 0.494 e.